The number of pyridine rings is 1. The lowest BCUT2D eigenvalue weighted by Gasteiger charge is -2.09. The van der Waals surface area contributed by atoms with E-state index in [1.54, 1.807) is 37.6 Å². The molecule has 0 saturated heterocycles. The SMILES string of the molecule is CCOC(=O)c1ccc2nc(C)cc(-c3cnccn3)c2c1. The number of carbonyl (C=O) groups excluding carboxylic acids is 1. The van der Waals surface area contributed by atoms with Crippen molar-refractivity contribution in [3.8, 4) is 11.3 Å². The number of nitrogens with zero attached hydrogens (tertiary/aromatic N) is 3. The van der Waals surface area contributed by atoms with Crippen LogP contribution < -0.4 is 0 Å². The van der Waals surface area contributed by atoms with E-state index in [0.717, 1.165) is 27.9 Å². The van der Waals surface area contributed by atoms with E-state index in [0.29, 0.717) is 12.2 Å². The zero-order valence-electron chi connectivity index (χ0n) is 12.4. The van der Waals surface area contributed by atoms with Gasteiger partial charge in [0.2, 0.25) is 0 Å². The Morgan fingerprint density at radius 1 is 1.23 bits per heavy atom. The zero-order chi connectivity index (χ0) is 15.5. The van der Waals surface area contributed by atoms with Crippen molar-refractivity contribution in [2.45, 2.75) is 13.8 Å². The molecule has 0 atom stereocenters. The average Bonchev–Trinajstić information content (AvgIpc) is 2.54. The fraction of sp³-hybridized carbons (Fsp3) is 0.176. The quantitative estimate of drug-likeness (QED) is 0.694. The van der Waals surface area contributed by atoms with Gasteiger partial charge in [0.25, 0.3) is 0 Å². The van der Waals surface area contributed by atoms with Gasteiger partial charge in [-0.05, 0) is 38.1 Å². The maximum atomic E-state index is 11.9. The van der Waals surface area contributed by atoms with Gasteiger partial charge in [-0.25, -0.2) is 4.79 Å². The first-order valence-corrected chi connectivity index (χ1v) is 7.04. The molecule has 1 aromatic carbocycles. The minimum Gasteiger partial charge on any atom is -0.462 e. The first-order valence-electron chi connectivity index (χ1n) is 7.04. The van der Waals surface area contributed by atoms with Crippen LogP contribution in [0, 0.1) is 6.92 Å². The molecule has 0 aliphatic heterocycles. The Labute approximate surface area is 128 Å². The van der Waals surface area contributed by atoms with Crippen LogP contribution >= 0.6 is 0 Å². The van der Waals surface area contributed by atoms with Crippen LogP contribution in [0.5, 0.6) is 0 Å². The van der Waals surface area contributed by atoms with Crippen molar-refractivity contribution in [3.05, 3.63) is 54.1 Å². The number of benzene rings is 1. The van der Waals surface area contributed by atoms with Gasteiger partial charge < -0.3 is 4.74 Å². The number of rotatable bonds is 3. The van der Waals surface area contributed by atoms with Gasteiger partial charge in [0.1, 0.15) is 0 Å². The van der Waals surface area contributed by atoms with Crippen molar-refractivity contribution in [2.75, 3.05) is 6.61 Å². The third-order valence-corrected chi connectivity index (χ3v) is 3.29. The molecule has 2 heterocycles. The summed E-state index contributed by atoms with van der Waals surface area (Å²) in [6.07, 6.45) is 4.97. The normalized spacial score (nSPS) is 10.6. The molecule has 5 heteroatoms. The standard InChI is InChI=1S/C17H15N3O2/c1-3-22-17(21)12-4-5-15-14(9-12)13(8-11(2)20-15)16-10-18-6-7-19-16/h4-10H,3H2,1-2H3. The Morgan fingerprint density at radius 3 is 2.82 bits per heavy atom. The molecule has 0 bridgehead atoms. The van der Waals surface area contributed by atoms with Crippen molar-refractivity contribution < 1.29 is 9.53 Å². The topological polar surface area (TPSA) is 65.0 Å². The molecule has 5 nitrogen and oxygen atoms in total. The predicted molar refractivity (Wildman–Crippen MR) is 83.5 cm³/mol. The van der Waals surface area contributed by atoms with Gasteiger partial charge in [-0.2, -0.15) is 0 Å². The summed E-state index contributed by atoms with van der Waals surface area (Å²) in [7, 11) is 0. The van der Waals surface area contributed by atoms with E-state index in [4.69, 9.17) is 4.74 Å². The Balaban J connectivity index is 2.22. The maximum Gasteiger partial charge on any atom is 0.338 e. The van der Waals surface area contributed by atoms with Crippen LogP contribution in [0.1, 0.15) is 23.0 Å². The van der Waals surface area contributed by atoms with Crippen LogP contribution in [0.25, 0.3) is 22.2 Å². The van der Waals surface area contributed by atoms with Gasteiger partial charge in [-0.1, -0.05) is 0 Å². The molecule has 0 fully saturated rings. The van der Waals surface area contributed by atoms with Gasteiger partial charge in [0.15, 0.2) is 0 Å². The van der Waals surface area contributed by atoms with Crippen molar-refractivity contribution >= 4 is 16.9 Å². The Morgan fingerprint density at radius 2 is 2.09 bits per heavy atom. The maximum absolute atomic E-state index is 11.9. The van der Waals surface area contributed by atoms with Crippen LogP contribution in [0.4, 0.5) is 0 Å². The highest BCUT2D eigenvalue weighted by Crippen LogP contribution is 2.27. The lowest BCUT2D eigenvalue weighted by Crippen LogP contribution is -2.04. The first-order chi connectivity index (χ1) is 10.7. The zero-order valence-corrected chi connectivity index (χ0v) is 12.4. The molecule has 0 amide bonds. The molecule has 0 aliphatic rings. The highest BCUT2D eigenvalue weighted by Gasteiger charge is 2.12. The molecule has 0 N–H and O–H groups in total. The smallest absolute Gasteiger partial charge is 0.338 e. The lowest BCUT2D eigenvalue weighted by molar-refractivity contribution is 0.0526. The lowest BCUT2D eigenvalue weighted by atomic mass is 10.0. The van der Waals surface area contributed by atoms with E-state index in [1.807, 2.05) is 19.1 Å². The predicted octanol–water partition coefficient (Wildman–Crippen LogP) is 3.18. The molecule has 0 unspecified atom stereocenters. The van der Waals surface area contributed by atoms with E-state index in [2.05, 4.69) is 15.0 Å². The summed E-state index contributed by atoms with van der Waals surface area (Å²) in [4.78, 5) is 24.9. The molecule has 110 valence electrons. The molecular weight excluding hydrogens is 278 g/mol. The number of aryl methyl sites for hydroxylation is 1. The molecule has 22 heavy (non-hydrogen) atoms. The molecule has 0 spiro atoms. The minimum atomic E-state index is -0.338. The fourth-order valence-electron chi connectivity index (χ4n) is 2.35. The Bertz CT molecular complexity index is 832. The molecule has 2 aromatic heterocycles. The first kappa shape index (κ1) is 14.1. The van der Waals surface area contributed by atoms with Gasteiger partial charge in [0.05, 0.1) is 29.6 Å². The van der Waals surface area contributed by atoms with Crippen molar-refractivity contribution in [3.63, 3.8) is 0 Å². The summed E-state index contributed by atoms with van der Waals surface area (Å²) in [6.45, 7) is 4.06. The van der Waals surface area contributed by atoms with E-state index in [-0.39, 0.29) is 5.97 Å². The van der Waals surface area contributed by atoms with Crippen molar-refractivity contribution in [2.24, 2.45) is 0 Å². The number of hydrogen-bond donors (Lipinski definition) is 0. The van der Waals surface area contributed by atoms with Crippen LogP contribution in [0.2, 0.25) is 0 Å². The summed E-state index contributed by atoms with van der Waals surface area (Å²) in [5.74, 6) is -0.338. The fourth-order valence-corrected chi connectivity index (χ4v) is 2.35. The van der Waals surface area contributed by atoms with E-state index in [9.17, 15) is 4.79 Å². The van der Waals surface area contributed by atoms with Crippen LogP contribution in [-0.2, 0) is 4.74 Å². The highest BCUT2D eigenvalue weighted by atomic mass is 16.5. The molecule has 3 rings (SSSR count). The van der Waals surface area contributed by atoms with E-state index in [1.165, 1.54) is 0 Å². The van der Waals surface area contributed by atoms with Crippen molar-refractivity contribution in [1.29, 1.82) is 0 Å². The second-order valence-corrected chi connectivity index (χ2v) is 4.85. The van der Waals surface area contributed by atoms with Gasteiger partial charge in [0, 0.05) is 29.0 Å². The minimum absolute atomic E-state index is 0.338. The van der Waals surface area contributed by atoms with Gasteiger partial charge in [-0.15, -0.1) is 0 Å². The van der Waals surface area contributed by atoms with Gasteiger partial charge >= 0.3 is 5.97 Å². The summed E-state index contributed by atoms with van der Waals surface area (Å²) < 4.78 is 5.06. The average molecular weight is 293 g/mol. The summed E-state index contributed by atoms with van der Waals surface area (Å²) in [5.41, 5.74) is 3.86. The molecule has 3 aromatic rings. The monoisotopic (exact) mass is 293 g/mol. The Hall–Kier alpha value is -2.82. The Kier molecular flexibility index (Phi) is 3.78. The largest absolute Gasteiger partial charge is 0.462 e. The summed E-state index contributed by atoms with van der Waals surface area (Å²) >= 11 is 0. The van der Waals surface area contributed by atoms with Crippen LogP contribution in [-0.4, -0.2) is 27.5 Å². The number of ether oxygens (including phenoxy) is 1. The summed E-state index contributed by atoms with van der Waals surface area (Å²) in [5, 5.41) is 0.858. The number of esters is 1. The third kappa shape index (κ3) is 2.65. The van der Waals surface area contributed by atoms with Crippen LogP contribution in [0.15, 0.2) is 42.9 Å². The molecular formula is C17H15N3O2. The number of hydrogen-bond acceptors (Lipinski definition) is 5. The number of fused-ring (bicyclic) bond motifs is 1. The highest BCUT2D eigenvalue weighted by molar-refractivity contribution is 5.99. The second kappa shape index (κ2) is 5.89. The molecule has 0 saturated carbocycles. The number of carbonyl (C=O) groups is 1. The molecule has 0 aliphatic carbocycles. The second-order valence-electron chi connectivity index (χ2n) is 4.85. The number of aromatic nitrogens is 3. The third-order valence-electron chi connectivity index (χ3n) is 3.29. The molecule has 0 radical (unpaired) electrons. The van der Waals surface area contributed by atoms with Gasteiger partial charge in [-0.3, -0.25) is 15.0 Å². The van der Waals surface area contributed by atoms with Crippen molar-refractivity contribution in [1.82, 2.24) is 15.0 Å². The van der Waals surface area contributed by atoms with E-state index < -0.39 is 0 Å². The van der Waals surface area contributed by atoms with E-state index >= 15 is 0 Å². The van der Waals surface area contributed by atoms with Crippen LogP contribution in [0.3, 0.4) is 0 Å². The summed E-state index contributed by atoms with van der Waals surface area (Å²) in [6, 6.07) is 7.30.